The van der Waals surface area contributed by atoms with Crippen molar-refractivity contribution in [2.45, 2.75) is 32.1 Å². The van der Waals surface area contributed by atoms with Gasteiger partial charge in [-0.05, 0) is 73.7 Å². The normalized spacial score (nSPS) is 12.8. The standard InChI is InChI=1S/C24H25N3O3/c1-30-19-10-7-17(8-11-19)26-22-14-18(9-6-16(22)15-25)27-23-5-3-2-4-20(23)21(12-13-28)24(27)29/h6-11,14,26,28-29H,2-5,12-13H2,1H3. The number of aromatic nitrogens is 1. The van der Waals surface area contributed by atoms with Crippen molar-refractivity contribution in [2.24, 2.45) is 0 Å². The van der Waals surface area contributed by atoms with Gasteiger partial charge in [0.1, 0.15) is 11.8 Å². The van der Waals surface area contributed by atoms with E-state index in [4.69, 9.17) is 4.74 Å². The minimum Gasteiger partial charge on any atom is -0.497 e. The summed E-state index contributed by atoms with van der Waals surface area (Å²) in [7, 11) is 1.62. The Morgan fingerprint density at radius 3 is 2.60 bits per heavy atom. The largest absolute Gasteiger partial charge is 0.497 e. The van der Waals surface area contributed by atoms with E-state index in [0.29, 0.717) is 17.7 Å². The minimum atomic E-state index is 0.00165. The van der Waals surface area contributed by atoms with E-state index in [1.165, 1.54) is 0 Å². The molecule has 4 rings (SSSR count). The molecule has 0 fully saturated rings. The fourth-order valence-corrected chi connectivity index (χ4v) is 4.21. The molecule has 1 aliphatic carbocycles. The van der Waals surface area contributed by atoms with Crippen molar-refractivity contribution in [1.82, 2.24) is 4.57 Å². The number of fused-ring (bicyclic) bond motifs is 1. The summed E-state index contributed by atoms with van der Waals surface area (Å²) in [4.78, 5) is 0. The molecule has 154 valence electrons. The van der Waals surface area contributed by atoms with Crippen LogP contribution in [0.2, 0.25) is 0 Å². The van der Waals surface area contributed by atoms with E-state index in [-0.39, 0.29) is 12.5 Å². The minimum absolute atomic E-state index is 0.00165. The summed E-state index contributed by atoms with van der Waals surface area (Å²) in [6.45, 7) is 0.00165. The van der Waals surface area contributed by atoms with Gasteiger partial charge in [0.05, 0.1) is 24.0 Å². The van der Waals surface area contributed by atoms with Crippen LogP contribution >= 0.6 is 0 Å². The van der Waals surface area contributed by atoms with Crippen molar-refractivity contribution >= 4 is 11.4 Å². The second-order valence-corrected chi connectivity index (χ2v) is 7.44. The number of methoxy groups -OCH3 is 1. The molecule has 0 aliphatic heterocycles. The van der Waals surface area contributed by atoms with Crippen molar-refractivity contribution in [2.75, 3.05) is 19.0 Å². The van der Waals surface area contributed by atoms with Gasteiger partial charge in [0.2, 0.25) is 0 Å². The van der Waals surface area contributed by atoms with E-state index >= 15 is 0 Å². The van der Waals surface area contributed by atoms with Crippen molar-refractivity contribution in [3.8, 4) is 23.4 Å². The lowest BCUT2D eigenvalue weighted by molar-refractivity contribution is 0.296. The zero-order valence-electron chi connectivity index (χ0n) is 17.0. The number of anilines is 2. The third-order valence-corrected chi connectivity index (χ3v) is 5.67. The third kappa shape index (κ3) is 3.60. The Bertz CT molecular complexity index is 1090. The van der Waals surface area contributed by atoms with Crippen LogP contribution in [-0.4, -0.2) is 28.5 Å². The quantitative estimate of drug-likeness (QED) is 0.573. The first-order chi connectivity index (χ1) is 14.7. The summed E-state index contributed by atoms with van der Waals surface area (Å²) in [5, 5.41) is 33.3. The number of nitrogens with zero attached hydrogens (tertiary/aromatic N) is 2. The SMILES string of the molecule is COc1ccc(Nc2cc(-n3c(O)c(CCO)c4c3CCCC4)ccc2C#N)cc1. The highest BCUT2D eigenvalue weighted by Crippen LogP contribution is 2.38. The van der Waals surface area contributed by atoms with Crippen LogP contribution in [-0.2, 0) is 19.3 Å². The lowest BCUT2D eigenvalue weighted by Gasteiger charge is -2.17. The molecule has 1 aromatic heterocycles. The molecule has 30 heavy (non-hydrogen) atoms. The van der Waals surface area contributed by atoms with Crippen molar-refractivity contribution in [1.29, 1.82) is 5.26 Å². The summed E-state index contributed by atoms with van der Waals surface area (Å²) in [6, 6.07) is 15.2. The van der Waals surface area contributed by atoms with E-state index in [2.05, 4.69) is 11.4 Å². The van der Waals surface area contributed by atoms with E-state index < -0.39 is 0 Å². The zero-order chi connectivity index (χ0) is 21.1. The molecule has 0 unspecified atom stereocenters. The van der Waals surface area contributed by atoms with Crippen LogP contribution in [0.15, 0.2) is 42.5 Å². The molecule has 3 N–H and O–H groups in total. The maximum atomic E-state index is 11.0. The lowest BCUT2D eigenvalue weighted by atomic mass is 9.94. The van der Waals surface area contributed by atoms with Gasteiger partial charge in [-0.3, -0.25) is 4.57 Å². The maximum Gasteiger partial charge on any atom is 0.199 e. The number of aliphatic hydroxyl groups excluding tert-OH is 1. The van der Waals surface area contributed by atoms with Gasteiger partial charge in [-0.25, -0.2) is 0 Å². The summed E-state index contributed by atoms with van der Waals surface area (Å²) in [5.74, 6) is 0.950. The number of nitrogens with one attached hydrogen (secondary N) is 1. The zero-order valence-corrected chi connectivity index (χ0v) is 17.0. The van der Waals surface area contributed by atoms with Crippen LogP contribution in [0.4, 0.5) is 11.4 Å². The van der Waals surface area contributed by atoms with Crippen molar-refractivity contribution in [3.63, 3.8) is 0 Å². The summed E-state index contributed by atoms with van der Waals surface area (Å²) < 4.78 is 7.08. The predicted octanol–water partition coefficient (Wildman–Crippen LogP) is 4.22. The Morgan fingerprint density at radius 2 is 1.90 bits per heavy atom. The highest BCUT2D eigenvalue weighted by molar-refractivity contribution is 5.70. The number of rotatable bonds is 6. The van der Waals surface area contributed by atoms with Crippen LogP contribution in [0.5, 0.6) is 11.6 Å². The maximum absolute atomic E-state index is 11.0. The van der Waals surface area contributed by atoms with Gasteiger partial charge in [0.25, 0.3) is 0 Å². The van der Waals surface area contributed by atoms with Gasteiger partial charge < -0.3 is 20.3 Å². The molecule has 6 nitrogen and oxygen atoms in total. The number of hydrogen-bond acceptors (Lipinski definition) is 5. The molecule has 0 amide bonds. The Hall–Kier alpha value is -3.43. The van der Waals surface area contributed by atoms with E-state index in [1.807, 2.05) is 41.0 Å². The highest BCUT2D eigenvalue weighted by Gasteiger charge is 2.25. The predicted molar refractivity (Wildman–Crippen MR) is 116 cm³/mol. The fourth-order valence-electron chi connectivity index (χ4n) is 4.21. The number of ether oxygens (including phenoxy) is 1. The topological polar surface area (TPSA) is 90.4 Å². The molecule has 0 saturated heterocycles. The monoisotopic (exact) mass is 403 g/mol. The number of aliphatic hydroxyl groups is 1. The van der Waals surface area contributed by atoms with E-state index in [0.717, 1.165) is 59.6 Å². The lowest BCUT2D eigenvalue weighted by Crippen LogP contribution is -2.08. The van der Waals surface area contributed by atoms with Crippen LogP contribution < -0.4 is 10.1 Å². The molecule has 0 bridgehead atoms. The van der Waals surface area contributed by atoms with Crippen molar-refractivity contribution in [3.05, 3.63) is 64.8 Å². The Balaban J connectivity index is 1.77. The second kappa shape index (κ2) is 8.52. The Morgan fingerprint density at radius 1 is 1.13 bits per heavy atom. The first kappa shape index (κ1) is 19.9. The van der Waals surface area contributed by atoms with Gasteiger partial charge in [0.15, 0.2) is 5.88 Å². The van der Waals surface area contributed by atoms with Crippen LogP contribution in [0, 0.1) is 11.3 Å². The summed E-state index contributed by atoms with van der Waals surface area (Å²) in [5.41, 5.74) is 5.91. The molecular formula is C24H25N3O3. The van der Waals surface area contributed by atoms with Gasteiger partial charge in [-0.2, -0.15) is 5.26 Å². The third-order valence-electron chi connectivity index (χ3n) is 5.67. The van der Waals surface area contributed by atoms with Crippen molar-refractivity contribution < 1.29 is 14.9 Å². The molecule has 6 heteroatoms. The van der Waals surface area contributed by atoms with Crippen LogP contribution in [0.25, 0.3) is 5.69 Å². The van der Waals surface area contributed by atoms with Gasteiger partial charge in [-0.1, -0.05) is 0 Å². The molecule has 2 aromatic carbocycles. The molecule has 1 heterocycles. The van der Waals surface area contributed by atoms with E-state index in [1.54, 1.807) is 13.2 Å². The van der Waals surface area contributed by atoms with Gasteiger partial charge in [-0.15, -0.1) is 0 Å². The Kier molecular flexibility index (Phi) is 5.64. The van der Waals surface area contributed by atoms with Crippen LogP contribution in [0.3, 0.4) is 0 Å². The van der Waals surface area contributed by atoms with Crippen LogP contribution in [0.1, 0.15) is 35.2 Å². The molecule has 0 atom stereocenters. The Labute approximate surface area is 176 Å². The van der Waals surface area contributed by atoms with E-state index in [9.17, 15) is 15.5 Å². The fraction of sp³-hybridized carbons (Fsp3) is 0.292. The first-order valence-corrected chi connectivity index (χ1v) is 10.2. The first-order valence-electron chi connectivity index (χ1n) is 10.2. The van der Waals surface area contributed by atoms with Gasteiger partial charge in [0, 0.05) is 30.0 Å². The number of hydrogen-bond donors (Lipinski definition) is 3. The molecule has 3 aromatic rings. The number of benzene rings is 2. The second-order valence-electron chi connectivity index (χ2n) is 7.44. The van der Waals surface area contributed by atoms with Gasteiger partial charge >= 0.3 is 0 Å². The highest BCUT2D eigenvalue weighted by atomic mass is 16.5. The molecule has 0 radical (unpaired) electrons. The average molecular weight is 403 g/mol. The number of nitriles is 1. The molecule has 0 spiro atoms. The summed E-state index contributed by atoms with van der Waals surface area (Å²) in [6.07, 6.45) is 4.40. The summed E-state index contributed by atoms with van der Waals surface area (Å²) >= 11 is 0. The molecule has 0 saturated carbocycles. The smallest absolute Gasteiger partial charge is 0.199 e. The average Bonchev–Trinajstić information content (AvgIpc) is 3.06. The molecule has 1 aliphatic rings. The molecular weight excluding hydrogens is 378 g/mol. The number of aromatic hydroxyl groups is 1.